The molecule has 16 heavy (non-hydrogen) atoms. The van der Waals surface area contributed by atoms with Gasteiger partial charge < -0.3 is 20.5 Å². The lowest BCUT2D eigenvalue weighted by Crippen LogP contribution is -2.44. The molecule has 0 aromatic carbocycles. The molecule has 0 bridgehead atoms. The van der Waals surface area contributed by atoms with E-state index in [1.54, 1.807) is 7.11 Å². The second-order valence-electron chi connectivity index (χ2n) is 5.59. The molecule has 1 atom stereocenters. The molecule has 0 aliphatic carbocycles. The Morgan fingerprint density at radius 2 is 1.75 bits per heavy atom. The monoisotopic (exact) mass is 232 g/mol. The lowest BCUT2D eigenvalue weighted by Gasteiger charge is -2.24. The Morgan fingerprint density at radius 3 is 2.25 bits per heavy atom. The number of methoxy groups -OCH3 is 1. The quantitative estimate of drug-likeness (QED) is 0.541. The molecule has 1 unspecified atom stereocenters. The van der Waals surface area contributed by atoms with Gasteiger partial charge in [-0.05, 0) is 27.7 Å². The molecular formula is C12H28N2O2. The third-order valence-corrected chi connectivity index (χ3v) is 2.31. The number of aliphatic hydroxyl groups is 1. The molecule has 98 valence electrons. The van der Waals surface area contributed by atoms with Gasteiger partial charge in [0.05, 0.1) is 5.60 Å². The zero-order valence-corrected chi connectivity index (χ0v) is 11.4. The lowest BCUT2D eigenvalue weighted by molar-refractivity contribution is 0.0252. The molecule has 0 spiro atoms. The molecule has 0 aliphatic heterocycles. The third kappa shape index (κ3) is 10.4. The summed E-state index contributed by atoms with van der Waals surface area (Å²) in [6.07, 6.45) is 0.656. The van der Waals surface area contributed by atoms with Gasteiger partial charge >= 0.3 is 0 Å². The highest BCUT2D eigenvalue weighted by Gasteiger charge is 2.19. The summed E-state index contributed by atoms with van der Waals surface area (Å²) in [6.45, 7) is 11.2. The number of hydrogen-bond donors (Lipinski definition) is 3. The zero-order valence-electron chi connectivity index (χ0n) is 11.4. The predicted molar refractivity (Wildman–Crippen MR) is 67.7 cm³/mol. The van der Waals surface area contributed by atoms with Crippen molar-refractivity contribution in [2.45, 2.75) is 45.3 Å². The van der Waals surface area contributed by atoms with E-state index in [2.05, 4.69) is 31.4 Å². The van der Waals surface area contributed by atoms with E-state index < -0.39 is 5.60 Å². The van der Waals surface area contributed by atoms with Crippen LogP contribution in [0.3, 0.4) is 0 Å². The van der Waals surface area contributed by atoms with Gasteiger partial charge in [-0.15, -0.1) is 0 Å². The van der Waals surface area contributed by atoms with Gasteiger partial charge in [0.2, 0.25) is 0 Å². The van der Waals surface area contributed by atoms with Crippen molar-refractivity contribution < 1.29 is 9.84 Å². The Bertz CT molecular complexity index is 176. The molecule has 0 saturated carbocycles. The first-order chi connectivity index (χ1) is 7.27. The Kier molecular flexibility index (Phi) is 7.15. The topological polar surface area (TPSA) is 53.5 Å². The number of hydrogen-bond acceptors (Lipinski definition) is 4. The van der Waals surface area contributed by atoms with Crippen LogP contribution < -0.4 is 10.6 Å². The third-order valence-electron chi connectivity index (χ3n) is 2.31. The Balaban J connectivity index is 3.50. The fourth-order valence-corrected chi connectivity index (χ4v) is 1.29. The number of ether oxygens (including phenoxy) is 1. The van der Waals surface area contributed by atoms with Crippen LogP contribution in [0.25, 0.3) is 0 Å². The Morgan fingerprint density at radius 1 is 1.12 bits per heavy atom. The molecule has 4 nitrogen and oxygen atoms in total. The normalized spacial score (nSPS) is 16.1. The number of nitrogens with one attached hydrogen (secondary N) is 2. The first kappa shape index (κ1) is 15.8. The van der Waals surface area contributed by atoms with E-state index in [0.29, 0.717) is 19.6 Å². The van der Waals surface area contributed by atoms with Gasteiger partial charge in [0.1, 0.15) is 0 Å². The molecule has 0 aromatic rings. The van der Waals surface area contributed by atoms with Crippen molar-refractivity contribution >= 4 is 0 Å². The predicted octanol–water partition coefficient (Wildman–Crippen LogP) is 0.752. The van der Waals surface area contributed by atoms with Crippen LogP contribution in [-0.2, 0) is 4.74 Å². The van der Waals surface area contributed by atoms with Crippen LogP contribution in [0, 0.1) is 0 Å². The van der Waals surface area contributed by atoms with Crippen LogP contribution in [0.4, 0.5) is 0 Å². The lowest BCUT2D eigenvalue weighted by atomic mass is 10.0. The van der Waals surface area contributed by atoms with Crippen molar-refractivity contribution in [1.29, 1.82) is 0 Å². The summed E-state index contributed by atoms with van der Waals surface area (Å²) >= 11 is 0. The molecule has 0 amide bonds. The van der Waals surface area contributed by atoms with E-state index in [-0.39, 0.29) is 5.54 Å². The van der Waals surface area contributed by atoms with Crippen LogP contribution in [0.1, 0.15) is 34.1 Å². The average Bonchev–Trinajstić information content (AvgIpc) is 2.12. The fraction of sp³-hybridized carbons (Fsp3) is 1.00. The molecule has 0 aromatic heterocycles. The minimum absolute atomic E-state index is 0.153. The van der Waals surface area contributed by atoms with E-state index in [1.165, 1.54) is 0 Å². The summed E-state index contributed by atoms with van der Waals surface area (Å²) in [7, 11) is 1.65. The summed E-state index contributed by atoms with van der Waals surface area (Å²) in [5.41, 5.74) is -0.530. The molecule has 0 fully saturated rings. The number of rotatable bonds is 8. The average molecular weight is 232 g/mol. The summed E-state index contributed by atoms with van der Waals surface area (Å²) in [4.78, 5) is 0. The molecule has 0 rings (SSSR count). The van der Waals surface area contributed by atoms with Crippen LogP contribution in [0.2, 0.25) is 0 Å². The van der Waals surface area contributed by atoms with Crippen molar-refractivity contribution in [2.75, 3.05) is 33.4 Å². The smallest absolute Gasteiger partial charge is 0.0765 e. The summed E-state index contributed by atoms with van der Waals surface area (Å²) in [5, 5.41) is 16.6. The highest BCUT2D eigenvalue weighted by atomic mass is 16.5. The van der Waals surface area contributed by atoms with E-state index >= 15 is 0 Å². The van der Waals surface area contributed by atoms with Gasteiger partial charge in [-0.3, -0.25) is 0 Å². The molecule has 0 heterocycles. The maximum atomic E-state index is 9.94. The minimum atomic E-state index is -0.683. The SMILES string of the molecule is COCCC(C)(O)CNCCNC(C)(C)C. The Labute approximate surface area is 99.8 Å². The minimum Gasteiger partial charge on any atom is -0.389 e. The van der Waals surface area contributed by atoms with Gasteiger partial charge in [0.15, 0.2) is 0 Å². The molecular weight excluding hydrogens is 204 g/mol. The first-order valence-corrected chi connectivity index (χ1v) is 5.94. The van der Waals surface area contributed by atoms with Crippen molar-refractivity contribution in [3.8, 4) is 0 Å². The zero-order chi connectivity index (χ0) is 12.7. The molecule has 0 aliphatic rings. The molecule has 0 radical (unpaired) electrons. The van der Waals surface area contributed by atoms with Crippen LogP contribution in [-0.4, -0.2) is 49.6 Å². The largest absolute Gasteiger partial charge is 0.389 e. The van der Waals surface area contributed by atoms with E-state index in [0.717, 1.165) is 13.1 Å². The van der Waals surface area contributed by atoms with E-state index in [9.17, 15) is 5.11 Å². The van der Waals surface area contributed by atoms with E-state index in [1.807, 2.05) is 6.92 Å². The maximum absolute atomic E-state index is 9.94. The maximum Gasteiger partial charge on any atom is 0.0765 e. The molecule has 4 heteroatoms. The standard InChI is InChI=1S/C12H28N2O2/c1-11(2,3)14-8-7-13-10-12(4,15)6-9-16-5/h13-15H,6-10H2,1-5H3. The summed E-state index contributed by atoms with van der Waals surface area (Å²) in [6, 6.07) is 0. The first-order valence-electron chi connectivity index (χ1n) is 5.94. The molecule has 0 saturated heterocycles. The van der Waals surface area contributed by atoms with Gasteiger partial charge in [-0.1, -0.05) is 0 Å². The second-order valence-corrected chi connectivity index (χ2v) is 5.59. The fourth-order valence-electron chi connectivity index (χ4n) is 1.29. The van der Waals surface area contributed by atoms with Gasteiger partial charge in [0.25, 0.3) is 0 Å². The summed E-state index contributed by atoms with van der Waals surface area (Å²) < 4.78 is 4.95. The van der Waals surface area contributed by atoms with Gasteiger partial charge in [-0.2, -0.15) is 0 Å². The van der Waals surface area contributed by atoms with Crippen LogP contribution in [0.5, 0.6) is 0 Å². The van der Waals surface area contributed by atoms with Gasteiger partial charge in [0, 0.05) is 45.3 Å². The van der Waals surface area contributed by atoms with Crippen LogP contribution in [0.15, 0.2) is 0 Å². The van der Waals surface area contributed by atoms with Crippen molar-refractivity contribution in [3.05, 3.63) is 0 Å². The second kappa shape index (κ2) is 7.22. The Hall–Kier alpha value is -0.160. The highest BCUT2D eigenvalue weighted by Crippen LogP contribution is 2.07. The molecule has 3 N–H and O–H groups in total. The van der Waals surface area contributed by atoms with Gasteiger partial charge in [-0.25, -0.2) is 0 Å². The summed E-state index contributed by atoms with van der Waals surface area (Å²) in [5.74, 6) is 0. The van der Waals surface area contributed by atoms with Crippen LogP contribution >= 0.6 is 0 Å². The highest BCUT2D eigenvalue weighted by molar-refractivity contribution is 4.76. The van der Waals surface area contributed by atoms with Crippen molar-refractivity contribution in [3.63, 3.8) is 0 Å². The van der Waals surface area contributed by atoms with Crippen molar-refractivity contribution in [1.82, 2.24) is 10.6 Å². The van der Waals surface area contributed by atoms with Crippen molar-refractivity contribution in [2.24, 2.45) is 0 Å². The van der Waals surface area contributed by atoms with E-state index in [4.69, 9.17) is 4.74 Å².